The fourth-order valence-electron chi connectivity index (χ4n) is 4.39. The van der Waals surface area contributed by atoms with Crippen molar-refractivity contribution >= 4 is 22.8 Å². The lowest BCUT2D eigenvalue weighted by Crippen LogP contribution is -2.45. The molecule has 28 heavy (non-hydrogen) atoms. The third kappa shape index (κ3) is 2.50. The van der Waals surface area contributed by atoms with E-state index in [9.17, 15) is 9.59 Å². The zero-order valence-electron chi connectivity index (χ0n) is 15.6. The Labute approximate surface area is 162 Å². The summed E-state index contributed by atoms with van der Waals surface area (Å²) < 4.78 is 5.78. The van der Waals surface area contributed by atoms with Gasteiger partial charge in [0.15, 0.2) is 0 Å². The lowest BCUT2D eigenvalue weighted by Gasteiger charge is -2.38. The number of fused-ring (bicyclic) bond motifs is 3. The highest BCUT2D eigenvalue weighted by Gasteiger charge is 2.47. The van der Waals surface area contributed by atoms with Crippen LogP contribution in [0.1, 0.15) is 44.7 Å². The van der Waals surface area contributed by atoms with Crippen molar-refractivity contribution in [3.8, 4) is 0 Å². The van der Waals surface area contributed by atoms with Crippen LogP contribution in [0.2, 0.25) is 0 Å². The van der Waals surface area contributed by atoms with Gasteiger partial charge in [-0.05, 0) is 42.8 Å². The van der Waals surface area contributed by atoms with Crippen LogP contribution in [0.15, 0.2) is 54.7 Å². The van der Waals surface area contributed by atoms with Crippen LogP contribution in [0.3, 0.4) is 0 Å². The Hall–Kier alpha value is -3.21. The van der Waals surface area contributed by atoms with E-state index in [2.05, 4.69) is 4.98 Å². The Bertz CT molecular complexity index is 1110. The summed E-state index contributed by atoms with van der Waals surface area (Å²) in [6.07, 6.45) is 3.02. The molecule has 0 bridgehead atoms. The normalized spacial score (nSPS) is 17.6. The number of pyridine rings is 1. The monoisotopic (exact) mass is 372 g/mol. The second-order valence-corrected chi connectivity index (χ2v) is 7.58. The van der Waals surface area contributed by atoms with Gasteiger partial charge >= 0.3 is 5.97 Å². The molecule has 1 aromatic heterocycles. The molecule has 2 aliphatic heterocycles. The van der Waals surface area contributed by atoms with Gasteiger partial charge in [0, 0.05) is 48.6 Å². The number of hydrogen-bond acceptors (Lipinski definition) is 4. The Morgan fingerprint density at radius 3 is 2.71 bits per heavy atom. The van der Waals surface area contributed by atoms with Crippen molar-refractivity contribution in [2.75, 3.05) is 13.1 Å². The predicted molar refractivity (Wildman–Crippen MR) is 105 cm³/mol. The van der Waals surface area contributed by atoms with Crippen molar-refractivity contribution in [1.82, 2.24) is 9.88 Å². The summed E-state index contributed by atoms with van der Waals surface area (Å²) in [7, 11) is 0. The average Bonchev–Trinajstić information content (AvgIpc) is 3.00. The molecule has 1 saturated heterocycles. The molecule has 0 atom stereocenters. The lowest BCUT2D eigenvalue weighted by molar-refractivity contribution is -0.0389. The molecule has 1 spiro atoms. The first-order valence-electron chi connectivity index (χ1n) is 9.55. The number of esters is 1. The Kier molecular flexibility index (Phi) is 3.72. The number of amides is 1. The van der Waals surface area contributed by atoms with E-state index in [0.29, 0.717) is 37.1 Å². The number of rotatable bonds is 1. The van der Waals surface area contributed by atoms with Crippen LogP contribution in [-0.2, 0) is 10.3 Å². The van der Waals surface area contributed by atoms with Gasteiger partial charge in [0.05, 0.1) is 11.1 Å². The maximum Gasteiger partial charge on any atom is 0.339 e. The molecular weight excluding hydrogens is 352 g/mol. The first-order chi connectivity index (χ1) is 13.6. The first-order valence-corrected chi connectivity index (χ1v) is 9.55. The van der Waals surface area contributed by atoms with Gasteiger partial charge in [-0.25, -0.2) is 4.79 Å². The van der Waals surface area contributed by atoms with E-state index < -0.39 is 5.60 Å². The van der Waals surface area contributed by atoms with Crippen LogP contribution in [0.4, 0.5) is 0 Å². The van der Waals surface area contributed by atoms with E-state index in [1.54, 1.807) is 6.20 Å². The Balaban J connectivity index is 1.38. The molecule has 5 nitrogen and oxygen atoms in total. The molecule has 1 amide bonds. The molecule has 2 aliphatic rings. The summed E-state index contributed by atoms with van der Waals surface area (Å²) in [5, 5.41) is 1.00. The number of ether oxygens (including phenoxy) is 1. The highest BCUT2D eigenvalue weighted by molar-refractivity contribution is 5.99. The largest absolute Gasteiger partial charge is 0.450 e. The summed E-state index contributed by atoms with van der Waals surface area (Å²) >= 11 is 0. The second-order valence-electron chi connectivity index (χ2n) is 7.58. The van der Waals surface area contributed by atoms with Crippen molar-refractivity contribution in [2.45, 2.75) is 25.4 Å². The number of nitrogens with zero attached hydrogens (tertiary/aromatic N) is 2. The van der Waals surface area contributed by atoms with Gasteiger partial charge in [0.1, 0.15) is 5.60 Å². The van der Waals surface area contributed by atoms with E-state index in [1.165, 1.54) is 0 Å². The molecule has 0 unspecified atom stereocenters. The molecule has 3 aromatic rings. The van der Waals surface area contributed by atoms with Crippen molar-refractivity contribution in [2.24, 2.45) is 0 Å². The zero-order chi connectivity index (χ0) is 19.3. The van der Waals surface area contributed by atoms with Crippen LogP contribution in [0.5, 0.6) is 0 Å². The lowest BCUT2D eigenvalue weighted by atomic mass is 9.83. The van der Waals surface area contributed by atoms with E-state index in [0.717, 1.165) is 22.0 Å². The Morgan fingerprint density at radius 2 is 1.89 bits per heavy atom. The minimum atomic E-state index is -0.589. The summed E-state index contributed by atoms with van der Waals surface area (Å²) in [6, 6.07) is 15.2. The summed E-state index contributed by atoms with van der Waals surface area (Å²) in [5.74, 6) is -0.245. The van der Waals surface area contributed by atoms with Gasteiger partial charge in [0.2, 0.25) is 0 Å². The number of carbonyl (C=O) groups excluding carboxylic acids is 2. The van der Waals surface area contributed by atoms with Crippen molar-refractivity contribution in [3.63, 3.8) is 0 Å². The maximum atomic E-state index is 13.1. The number of likely N-dealkylation sites (tertiary alicyclic amines) is 1. The average molecular weight is 372 g/mol. The van der Waals surface area contributed by atoms with Crippen molar-refractivity contribution in [1.29, 1.82) is 0 Å². The fraction of sp³-hybridized carbons (Fsp3) is 0.261. The molecule has 0 radical (unpaired) electrons. The number of hydrogen-bond donors (Lipinski definition) is 0. The fourth-order valence-corrected chi connectivity index (χ4v) is 4.39. The van der Waals surface area contributed by atoms with Gasteiger partial charge in [-0.3, -0.25) is 9.78 Å². The molecule has 3 heterocycles. The topological polar surface area (TPSA) is 59.5 Å². The SMILES string of the molecule is Cc1ccnc2ccc(C(=O)N3CCC4(CC3)OC(=O)c3ccccc34)cc12. The highest BCUT2D eigenvalue weighted by atomic mass is 16.6. The molecule has 5 heteroatoms. The van der Waals surface area contributed by atoms with Gasteiger partial charge in [-0.1, -0.05) is 18.2 Å². The molecule has 0 aliphatic carbocycles. The van der Waals surface area contributed by atoms with E-state index in [-0.39, 0.29) is 11.9 Å². The predicted octanol–water partition coefficient (Wildman–Crippen LogP) is 3.85. The number of aryl methyl sites for hydroxylation is 1. The number of benzene rings is 2. The Morgan fingerprint density at radius 1 is 1.11 bits per heavy atom. The van der Waals surface area contributed by atoms with Crippen molar-refractivity contribution < 1.29 is 14.3 Å². The van der Waals surface area contributed by atoms with Crippen LogP contribution >= 0.6 is 0 Å². The number of carbonyl (C=O) groups is 2. The van der Waals surface area contributed by atoms with Crippen LogP contribution in [0.25, 0.3) is 10.9 Å². The van der Waals surface area contributed by atoms with E-state index >= 15 is 0 Å². The molecule has 140 valence electrons. The number of aromatic nitrogens is 1. The first kappa shape index (κ1) is 16.9. The number of piperidine rings is 1. The molecule has 2 aromatic carbocycles. The molecule has 1 fully saturated rings. The molecule has 0 N–H and O–H groups in total. The smallest absolute Gasteiger partial charge is 0.339 e. The molecule has 0 saturated carbocycles. The third-order valence-electron chi connectivity index (χ3n) is 5.99. The molecular formula is C23H20N2O3. The summed E-state index contributed by atoms with van der Waals surface area (Å²) in [4.78, 5) is 31.5. The minimum absolute atomic E-state index is 0.0117. The van der Waals surface area contributed by atoms with Gasteiger partial charge in [-0.15, -0.1) is 0 Å². The van der Waals surface area contributed by atoms with Gasteiger partial charge in [0.25, 0.3) is 5.91 Å². The van der Waals surface area contributed by atoms with Gasteiger partial charge < -0.3 is 9.64 Å². The maximum absolute atomic E-state index is 13.1. The van der Waals surface area contributed by atoms with E-state index in [4.69, 9.17) is 4.74 Å². The van der Waals surface area contributed by atoms with E-state index in [1.807, 2.05) is 60.4 Å². The molecule has 5 rings (SSSR count). The summed E-state index contributed by atoms with van der Waals surface area (Å²) in [6.45, 7) is 3.14. The standard InChI is InChI=1S/C23H20N2O3/c1-15-8-11-24-20-7-6-16(14-18(15)20)21(26)25-12-9-23(10-13-25)19-5-3-2-4-17(19)22(27)28-23/h2-8,11,14H,9-10,12-13H2,1H3. The highest BCUT2D eigenvalue weighted by Crippen LogP contribution is 2.44. The minimum Gasteiger partial charge on any atom is -0.450 e. The van der Waals surface area contributed by atoms with Crippen molar-refractivity contribution in [3.05, 3.63) is 77.0 Å². The van der Waals surface area contributed by atoms with Gasteiger partial charge in [-0.2, -0.15) is 0 Å². The second kappa shape index (κ2) is 6.16. The third-order valence-corrected chi connectivity index (χ3v) is 5.99. The van der Waals surface area contributed by atoms with Crippen LogP contribution in [-0.4, -0.2) is 34.8 Å². The quantitative estimate of drug-likeness (QED) is 0.609. The van der Waals surface area contributed by atoms with Crippen LogP contribution < -0.4 is 0 Å². The van der Waals surface area contributed by atoms with Crippen LogP contribution in [0, 0.1) is 6.92 Å². The summed E-state index contributed by atoms with van der Waals surface area (Å²) in [5.41, 5.74) is 3.69. The zero-order valence-corrected chi connectivity index (χ0v) is 15.6.